The molecule has 1 aromatic carbocycles. The first kappa shape index (κ1) is 11.8. The van der Waals surface area contributed by atoms with E-state index < -0.39 is 0 Å². The topological polar surface area (TPSA) is 15.6 Å². The van der Waals surface area contributed by atoms with Gasteiger partial charge in [0.1, 0.15) is 0 Å². The Morgan fingerprint density at radius 3 is 2.83 bits per heavy atom. The van der Waals surface area contributed by atoms with Crippen molar-refractivity contribution in [2.45, 2.75) is 26.7 Å². The Morgan fingerprint density at radius 1 is 1.22 bits per heavy atom. The van der Waals surface area contributed by atoms with E-state index in [9.17, 15) is 0 Å². The average molecular weight is 258 g/mol. The summed E-state index contributed by atoms with van der Waals surface area (Å²) in [6.07, 6.45) is 2.23. The molecule has 0 unspecified atom stereocenters. The molecule has 0 spiro atoms. The van der Waals surface area contributed by atoms with Crippen molar-refractivity contribution >= 4 is 22.6 Å². The number of benzene rings is 1. The number of aliphatic imine (C=N–C) groups is 1. The van der Waals surface area contributed by atoms with Gasteiger partial charge in [-0.25, -0.2) is 0 Å². The highest BCUT2D eigenvalue weighted by Crippen LogP contribution is 2.35. The van der Waals surface area contributed by atoms with Crippen LogP contribution in [0.15, 0.2) is 28.6 Å². The number of hydrogen-bond acceptors (Lipinski definition) is 3. The zero-order valence-electron chi connectivity index (χ0n) is 10.9. The van der Waals surface area contributed by atoms with Crippen molar-refractivity contribution < 1.29 is 0 Å². The standard InChI is InChI=1S/C15H18N2S/c1-3-11-5-6-13(9-12(11)4-2)14-10-18-15-16-7-8-17(14)15/h5-6,9-10H,3-4,7-8H2,1-2H3. The summed E-state index contributed by atoms with van der Waals surface area (Å²) in [4.78, 5) is 6.84. The summed E-state index contributed by atoms with van der Waals surface area (Å²) in [5.41, 5.74) is 5.62. The molecule has 0 radical (unpaired) electrons. The van der Waals surface area contributed by atoms with Crippen LogP contribution < -0.4 is 0 Å². The number of amidine groups is 1. The summed E-state index contributed by atoms with van der Waals surface area (Å²) >= 11 is 1.75. The third-order valence-corrected chi connectivity index (χ3v) is 4.53. The molecular weight excluding hydrogens is 240 g/mol. The molecule has 0 aromatic heterocycles. The minimum absolute atomic E-state index is 0.938. The van der Waals surface area contributed by atoms with Gasteiger partial charge in [-0.3, -0.25) is 4.99 Å². The summed E-state index contributed by atoms with van der Waals surface area (Å²) in [5, 5.41) is 3.40. The van der Waals surface area contributed by atoms with Gasteiger partial charge in [-0.15, -0.1) is 0 Å². The van der Waals surface area contributed by atoms with Gasteiger partial charge in [0, 0.05) is 12.0 Å². The van der Waals surface area contributed by atoms with Crippen LogP contribution in [0, 0.1) is 0 Å². The van der Waals surface area contributed by atoms with E-state index in [2.05, 4.69) is 47.3 Å². The molecule has 2 aliphatic rings. The normalized spacial score (nSPS) is 17.8. The Bertz CT molecular complexity index is 531. The molecule has 3 rings (SSSR count). The van der Waals surface area contributed by atoms with Gasteiger partial charge in [0.2, 0.25) is 0 Å². The van der Waals surface area contributed by atoms with Crippen LogP contribution in [0.3, 0.4) is 0 Å². The lowest BCUT2D eigenvalue weighted by Gasteiger charge is -2.18. The Hall–Kier alpha value is -1.22. The first-order valence-corrected chi connectivity index (χ1v) is 7.52. The van der Waals surface area contributed by atoms with E-state index in [0.717, 1.165) is 25.9 Å². The number of nitrogens with zero attached hydrogens (tertiary/aromatic N) is 2. The van der Waals surface area contributed by atoms with Crippen molar-refractivity contribution in [2.24, 2.45) is 4.99 Å². The van der Waals surface area contributed by atoms with Crippen LogP contribution in [0.25, 0.3) is 5.70 Å². The first-order valence-electron chi connectivity index (χ1n) is 6.64. The van der Waals surface area contributed by atoms with Gasteiger partial charge >= 0.3 is 0 Å². The molecule has 0 fully saturated rings. The van der Waals surface area contributed by atoms with E-state index >= 15 is 0 Å². The smallest absolute Gasteiger partial charge is 0.168 e. The monoisotopic (exact) mass is 258 g/mol. The van der Waals surface area contributed by atoms with Gasteiger partial charge in [-0.1, -0.05) is 37.7 Å². The number of fused-ring (bicyclic) bond motifs is 1. The molecule has 18 heavy (non-hydrogen) atoms. The number of thioether (sulfide) groups is 1. The maximum atomic E-state index is 4.50. The van der Waals surface area contributed by atoms with Gasteiger partial charge < -0.3 is 4.90 Å². The molecule has 0 bridgehead atoms. The molecule has 94 valence electrons. The van der Waals surface area contributed by atoms with Crippen molar-refractivity contribution in [3.05, 3.63) is 40.3 Å². The fourth-order valence-electron chi connectivity index (χ4n) is 2.61. The molecule has 1 aromatic rings. The molecule has 0 N–H and O–H groups in total. The van der Waals surface area contributed by atoms with E-state index in [1.54, 1.807) is 11.8 Å². The molecule has 3 heteroatoms. The van der Waals surface area contributed by atoms with E-state index in [1.807, 2.05) is 0 Å². The third-order valence-electron chi connectivity index (χ3n) is 3.63. The number of aryl methyl sites for hydroxylation is 2. The highest BCUT2D eigenvalue weighted by atomic mass is 32.2. The molecule has 0 saturated heterocycles. The van der Waals surface area contributed by atoms with Crippen molar-refractivity contribution in [2.75, 3.05) is 13.1 Å². The quantitative estimate of drug-likeness (QED) is 0.824. The van der Waals surface area contributed by atoms with Gasteiger partial charge in [-0.05, 0) is 35.6 Å². The lowest BCUT2D eigenvalue weighted by molar-refractivity contribution is 0.649. The predicted octanol–water partition coefficient (Wildman–Crippen LogP) is 3.53. The molecule has 0 saturated carbocycles. The summed E-state index contributed by atoms with van der Waals surface area (Å²) in [5.74, 6) is 0. The second kappa shape index (κ2) is 4.81. The zero-order valence-corrected chi connectivity index (χ0v) is 11.8. The van der Waals surface area contributed by atoms with Crippen molar-refractivity contribution in [1.29, 1.82) is 0 Å². The van der Waals surface area contributed by atoms with Gasteiger partial charge in [-0.2, -0.15) is 0 Å². The summed E-state index contributed by atoms with van der Waals surface area (Å²) in [6.45, 7) is 6.43. The fraction of sp³-hybridized carbons (Fsp3) is 0.400. The van der Waals surface area contributed by atoms with Gasteiger partial charge in [0.15, 0.2) is 5.17 Å². The molecule has 2 aliphatic heterocycles. The molecular formula is C15H18N2S. The summed E-state index contributed by atoms with van der Waals surface area (Å²) in [7, 11) is 0. The Kier molecular flexibility index (Phi) is 3.16. The Balaban J connectivity index is 1.96. The Labute approximate surface area is 113 Å². The minimum Gasteiger partial charge on any atom is -0.318 e. The van der Waals surface area contributed by atoms with Crippen LogP contribution in [0.5, 0.6) is 0 Å². The predicted molar refractivity (Wildman–Crippen MR) is 79.8 cm³/mol. The van der Waals surface area contributed by atoms with Crippen molar-refractivity contribution in [3.63, 3.8) is 0 Å². The van der Waals surface area contributed by atoms with E-state index in [4.69, 9.17) is 0 Å². The second-order valence-electron chi connectivity index (χ2n) is 4.63. The fourth-order valence-corrected chi connectivity index (χ4v) is 3.57. The zero-order chi connectivity index (χ0) is 12.5. The van der Waals surface area contributed by atoms with Gasteiger partial charge in [0.05, 0.1) is 12.2 Å². The van der Waals surface area contributed by atoms with Gasteiger partial charge in [0.25, 0.3) is 0 Å². The van der Waals surface area contributed by atoms with E-state index in [-0.39, 0.29) is 0 Å². The lowest BCUT2D eigenvalue weighted by atomic mass is 9.99. The number of rotatable bonds is 3. The van der Waals surface area contributed by atoms with E-state index in [1.165, 1.54) is 27.6 Å². The highest BCUT2D eigenvalue weighted by Gasteiger charge is 2.27. The van der Waals surface area contributed by atoms with Crippen LogP contribution in [-0.2, 0) is 12.8 Å². The second-order valence-corrected chi connectivity index (χ2v) is 5.46. The van der Waals surface area contributed by atoms with Crippen LogP contribution in [0.4, 0.5) is 0 Å². The molecule has 2 nitrogen and oxygen atoms in total. The van der Waals surface area contributed by atoms with Crippen LogP contribution in [0.2, 0.25) is 0 Å². The maximum Gasteiger partial charge on any atom is 0.168 e. The molecule has 0 amide bonds. The maximum absolute atomic E-state index is 4.50. The molecule has 2 heterocycles. The minimum atomic E-state index is 0.938. The van der Waals surface area contributed by atoms with Crippen LogP contribution in [0.1, 0.15) is 30.5 Å². The molecule has 0 atom stereocenters. The van der Waals surface area contributed by atoms with Crippen LogP contribution in [-0.4, -0.2) is 23.2 Å². The summed E-state index contributed by atoms with van der Waals surface area (Å²) < 4.78 is 0. The van der Waals surface area contributed by atoms with Crippen molar-refractivity contribution in [1.82, 2.24) is 4.90 Å². The number of hydrogen-bond donors (Lipinski definition) is 0. The average Bonchev–Trinajstić information content (AvgIpc) is 3.00. The largest absolute Gasteiger partial charge is 0.318 e. The van der Waals surface area contributed by atoms with E-state index in [0.29, 0.717) is 0 Å². The van der Waals surface area contributed by atoms with Crippen molar-refractivity contribution in [3.8, 4) is 0 Å². The van der Waals surface area contributed by atoms with Crippen LogP contribution >= 0.6 is 11.8 Å². The summed E-state index contributed by atoms with van der Waals surface area (Å²) in [6, 6.07) is 6.89. The lowest BCUT2D eigenvalue weighted by Crippen LogP contribution is -2.19. The molecule has 0 aliphatic carbocycles. The highest BCUT2D eigenvalue weighted by molar-refractivity contribution is 8.16. The SMILES string of the molecule is CCc1ccc(C2=CSC3=NCCN23)cc1CC. The Morgan fingerprint density at radius 2 is 2.06 bits per heavy atom. The first-order chi connectivity index (χ1) is 8.83. The third kappa shape index (κ3) is 1.87.